The fourth-order valence-electron chi connectivity index (χ4n) is 2.09. The van der Waals surface area contributed by atoms with Gasteiger partial charge in [-0.2, -0.15) is 0 Å². The molecule has 1 atom stereocenters. The third kappa shape index (κ3) is 9.95. The molecule has 0 aromatic heterocycles. The highest BCUT2D eigenvalue weighted by molar-refractivity contribution is 5.05. The molecule has 0 aliphatic carbocycles. The molecule has 0 N–H and O–H groups in total. The van der Waals surface area contributed by atoms with Crippen LogP contribution < -0.4 is 0 Å². The minimum atomic E-state index is 0.498. The Morgan fingerprint density at radius 3 is 2.32 bits per heavy atom. The van der Waals surface area contributed by atoms with Crippen LogP contribution in [0.5, 0.6) is 0 Å². The number of hydrogen-bond acceptors (Lipinski definition) is 1. The van der Waals surface area contributed by atoms with Gasteiger partial charge in [-0.3, -0.25) is 0 Å². The van der Waals surface area contributed by atoms with E-state index in [0.717, 1.165) is 30.7 Å². The summed E-state index contributed by atoms with van der Waals surface area (Å²) in [6, 6.07) is 0. The second-order valence-electron chi connectivity index (χ2n) is 6.87. The number of hydrogen-bond donors (Lipinski definition) is 0. The molecule has 0 aliphatic heterocycles. The van der Waals surface area contributed by atoms with E-state index < -0.39 is 0 Å². The number of quaternary nitrogens is 1. The standard InChI is InChI=1S/C17H34NO/c1-8-10-17(16(9-2)13-15(3)4)14-19-12-11-18(5,6)7/h15,17H,2,8,10-14H2,1,3-7H3/q+1. The zero-order chi connectivity index (χ0) is 14.9. The Morgan fingerprint density at radius 2 is 1.89 bits per heavy atom. The Kier molecular flexibility index (Phi) is 9.08. The maximum absolute atomic E-state index is 5.88. The van der Waals surface area contributed by atoms with Crippen molar-refractivity contribution in [3.8, 4) is 0 Å². The molecule has 1 unspecified atom stereocenters. The van der Waals surface area contributed by atoms with Crippen LogP contribution in [0.1, 0.15) is 40.0 Å². The zero-order valence-electron chi connectivity index (χ0n) is 14.0. The number of nitrogens with zero attached hydrogens (tertiary/aromatic N) is 1. The van der Waals surface area contributed by atoms with Crippen LogP contribution in [-0.4, -0.2) is 45.4 Å². The summed E-state index contributed by atoms with van der Waals surface area (Å²) in [5.41, 5.74) is 4.51. The maximum Gasteiger partial charge on any atom is 0.102 e. The van der Waals surface area contributed by atoms with Crippen molar-refractivity contribution in [1.82, 2.24) is 0 Å². The minimum Gasteiger partial charge on any atom is -0.375 e. The molecule has 112 valence electrons. The monoisotopic (exact) mass is 268 g/mol. The molecule has 0 fully saturated rings. The maximum atomic E-state index is 5.88. The third-order valence-electron chi connectivity index (χ3n) is 3.21. The molecule has 0 rings (SSSR count). The largest absolute Gasteiger partial charge is 0.375 e. The predicted molar refractivity (Wildman–Crippen MR) is 84.2 cm³/mol. The Bertz CT molecular complexity index is 282. The summed E-state index contributed by atoms with van der Waals surface area (Å²) in [6.45, 7) is 13.3. The highest BCUT2D eigenvalue weighted by Gasteiger charge is 2.15. The lowest BCUT2D eigenvalue weighted by Crippen LogP contribution is -2.37. The summed E-state index contributed by atoms with van der Waals surface area (Å²) in [5.74, 6) is 1.16. The molecule has 2 nitrogen and oxygen atoms in total. The first-order valence-corrected chi connectivity index (χ1v) is 7.57. The van der Waals surface area contributed by atoms with Crippen molar-refractivity contribution in [1.29, 1.82) is 0 Å². The molecule has 0 radical (unpaired) electrons. The quantitative estimate of drug-likeness (QED) is 0.332. The van der Waals surface area contributed by atoms with Gasteiger partial charge in [0.1, 0.15) is 6.54 Å². The number of likely N-dealkylation sites (N-methyl/N-ethyl adjacent to an activating group) is 1. The first-order chi connectivity index (χ1) is 8.80. The summed E-state index contributed by atoms with van der Waals surface area (Å²) in [7, 11) is 6.59. The molecule has 2 heteroatoms. The van der Waals surface area contributed by atoms with Crippen molar-refractivity contribution in [2.45, 2.75) is 40.0 Å². The molecular formula is C17H34NO+. The average Bonchev–Trinajstić information content (AvgIpc) is 2.28. The highest BCUT2D eigenvalue weighted by atomic mass is 16.5. The summed E-state index contributed by atoms with van der Waals surface area (Å²) in [5, 5.41) is 0. The van der Waals surface area contributed by atoms with Gasteiger partial charge in [-0.05, 0) is 24.3 Å². The number of ether oxygens (including phenoxy) is 1. The van der Waals surface area contributed by atoms with Gasteiger partial charge in [-0.25, -0.2) is 0 Å². The van der Waals surface area contributed by atoms with Gasteiger partial charge in [0.25, 0.3) is 0 Å². The normalized spacial score (nSPS) is 13.4. The fourth-order valence-corrected chi connectivity index (χ4v) is 2.09. The van der Waals surface area contributed by atoms with Gasteiger partial charge < -0.3 is 9.22 Å². The minimum absolute atomic E-state index is 0.498. The van der Waals surface area contributed by atoms with Crippen LogP contribution in [0.25, 0.3) is 0 Å². The molecule has 0 aromatic carbocycles. The van der Waals surface area contributed by atoms with Crippen LogP contribution in [0.2, 0.25) is 0 Å². The van der Waals surface area contributed by atoms with Crippen molar-refractivity contribution >= 4 is 0 Å². The summed E-state index contributed by atoms with van der Waals surface area (Å²) >= 11 is 0. The van der Waals surface area contributed by atoms with Gasteiger partial charge in [0.2, 0.25) is 0 Å². The van der Waals surface area contributed by atoms with E-state index in [1.807, 2.05) is 0 Å². The van der Waals surface area contributed by atoms with Crippen LogP contribution in [0.15, 0.2) is 17.9 Å². The van der Waals surface area contributed by atoms with E-state index in [1.54, 1.807) is 0 Å². The first-order valence-electron chi connectivity index (χ1n) is 7.57. The van der Waals surface area contributed by atoms with Crippen molar-refractivity contribution in [2.24, 2.45) is 11.8 Å². The Hall–Kier alpha value is -0.560. The smallest absolute Gasteiger partial charge is 0.102 e. The van der Waals surface area contributed by atoms with Crippen LogP contribution in [-0.2, 0) is 4.74 Å². The number of rotatable bonds is 10. The molecule has 0 spiro atoms. The summed E-state index contributed by atoms with van der Waals surface area (Å²) < 4.78 is 6.84. The van der Waals surface area contributed by atoms with Gasteiger partial charge in [-0.15, -0.1) is 5.73 Å². The lowest BCUT2D eigenvalue weighted by molar-refractivity contribution is -0.870. The van der Waals surface area contributed by atoms with Crippen LogP contribution >= 0.6 is 0 Å². The molecule has 0 aliphatic rings. The van der Waals surface area contributed by atoms with E-state index in [0.29, 0.717) is 11.8 Å². The summed E-state index contributed by atoms with van der Waals surface area (Å²) in [6.07, 6.45) is 3.45. The topological polar surface area (TPSA) is 9.23 Å². The van der Waals surface area contributed by atoms with E-state index in [9.17, 15) is 0 Å². The van der Waals surface area contributed by atoms with Gasteiger partial charge in [0.15, 0.2) is 0 Å². The highest BCUT2D eigenvalue weighted by Crippen LogP contribution is 2.23. The van der Waals surface area contributed by atoms with Gasteiger partial charge in [0, 0.05) is 5.92 Å². The lowest BCUT2D eigenvalue weighted by atomic mass is 9.89. The molecule has 0 aromatic rings. The van der Waals surface area contributed by atoms with E-state index >= 15 is 0 Å². The van der Waals surface area contributed by atoms with Crippen molar-refractivity contribution in [3.05, 3.63) is 17.9 Å². The van der Waals surface area contributed by atoms with E-state index in [-0.39, 0.29) is 0 Å². The van der Waals surface area contributed by atoms with Gasteiger partial charge >= 0.3 is 0 Å². The molecular weight excluding hydrogens is 234 g/mol. The molecule has 19 heavy (non-hydrogen) atoms. The molecule has 0 bridgehead atoms. The van der Waals surface area contributed by atoms with Gasteiger partial charge in [0.05, 0.1) is 34.4 Å². The zero-order valence-corrected chi connectivity index (χ0v) is 14.0. The van der Waals surface area contributed by atoms with Crippen LogP contribution in [0.3, 0.4) is 0 Å². The molecule has 0 saturated heterocycles. The van der Waals surface area contributed by atoms with Crippen molar-refractivity contribution in [3.63, 3.8) is 0 Å². The molecule has 0 saturated carbocycles. The SMILES string of the molecule is C=C=C(CC(C)C)C(CCC)COCC[N+](C)(C)C. The predicted octanol–water partition coefficient (Wildman–Crippen LogP) is 3.88. The fraction of sp³-hybridized carbons (Fsp3) is 0.824. The van der Waals surface area contributed by atoms with Gasteiger partial charge in [-0.1, -0.05) is 33.8 Å². The lowest BCUT2D eigenvalue weighted by Gasteiger charge is -2.25. The Morgan fingerprint density at radius 1 is 1.26 bits per heavy atom. The summed E-state index contributed by atoms with van der Waals surface area (Å²) in [4.78, 5) is 0. The second kappa shape index (κ2) is 9.36. The molecule has 0 heterocycles. The van der Waals surface area contributed by atoms with Crippen molar-refractivity contribution < 1.29 is 9.22 Å². The van der Waals surface area contributed by atoms with E-state index in [2.05, 4.69) is 54.2 Å². The van der Waals surface area contributed by atoms with E-state index in [4.69, 9.17) is 4.74 Å². The molecule has 0 amide bonds. The Balaban J connectivity index is 4.28. The third-order valence-corrected chi connectivity index (χ3v) is 3.21. The van der Waals surface area contributed by atoms with E-state index in [1.165, 1.54) is 18.4 Å². The van der Waals surface area contributed by atoms with Crippen molar-refractivity contribution in [2.75, 3.05) is 40.9 Å². The van der Waals surface area contributed by atoms with Crippen LogP contribution in [0, 0.1) is 11.8 Å². The first kappa shape index (κ1) is 18.4. The second-order valence-corrected chi connectivity index (χ2v) is 6.87. The Labute approximate surface area is 120 Å². The average molecular weight is 268 g/mol. The van der Waals surface area contributed by atoms with Crippen LogP contribution in [0.4, 0.5) is 0 Å².